The normalized spacial score (nSPS) is 11.8. The molecule has 1 aromatic heterocycles. The van der Waals surface area contributed by atoms with Crippen LogP contribution in [0.25, 0.3) is 0 Å². The zero-order valence-electron chi connectivity index (χ0n) is 12.9. The van der Waals surface area contributed by atoms with Gasteiger partial charge in [-0.1, -0.05) is 13.8 Å². The number of anilines is 2. The van der Waals surface area contributed by atoms with Gasteiger partial charge in [0.2, 0.25) is 0 Å². The van der Waals surface area contributed by atoms with E-state index in [-0.39, 0.29) is 12.1 Å². The highest BCUT2D eigenvalue weighted by Crippen LogP contribution is 2.32. The summed E-state index contributed by atoms with van der Waals surface area (Å²) in [6.07, 6.45) is 1.57. The molecular formula is C14H26N4O. The quantitative estimate of drug-likeness (QED) is 0.827. The molecule has 5 nitrogen and oxygen atoms in total. The molecule has 1 aromatic rings. The van der Waals surface area contributed by atoms with Gasteiger partial charge in [-0.2, -0.15) is 0 Å². The van der Waals surface area contributed by atoms with Crippen LogP contribution in [0.4, 0.5) is 11.6 Å². The largest absolute Gasteiger partial charge is 0.394 e. The fraction of sp³-hybridized carbons (Fsp3) is 0.714. The minimum atomic E-state index is -0.360. The van der Waals surface area contributed by atoms with Gasteiger partial charge in [-0.15, -0.1) is 0 Å². The van der Waals surface area contributed by atoms with E-state index in [1.165, 1.54) is 0 Å². The van der Waals surface area contributed by atoms with Crippen molar-refractivity contribution in [3.05, 3.63) is 11.9 Å². The molecule has 1 rings (SSSR count). The molecular weight excluding hydrogens is 240 g/mol. The summed E-state index contributed by atoms with van der Waals surface area (Å²) in [5.41, 5.74) is 0.731. The van der Waals surface area contributed by atoms with E-state index >= 15 is 0 Å². The second kappa shape index (κ2) is 6.19. The molecule has 0 saturated heterocycles. The van der Waals surface area contributed by atoms with Gasteiger partial charge >= 0.3 is 0 Å². The van der Waals surface area contributed by atoms with E-state index in [1.54, 1.807) is 6.33 Å². The van der Waals surface area contributed by atoms with Crippen molar-refractivity contribution in [3.8, 4) is 0 Å². The summed E-state index contributed by atoms with van der Waals surface area (Å²) in [5.74, 6) is 2.06. The third kappa shape index (κ3) is 3.35. The predicted octanol–water partition coefficient (Wildman–Crippen LogP) is 2.24. The number of hydrogen-bond donors (Lipinski definition) is 2. The molecule has 0 spiro atoms. The van der Waals surface area contributed by atoms with E-state index in [4.69, 9.17) is 0 Å². The molecule has 0 unspecified atom stereocenters. The molecule has 0 amide bonds. The van der Waals surface area contributed by atoms with Crippen LogP contribution in [-0.4, -0.2) is 40.8 Å². The molecule has 0 fully saturated rings. The Morgan fingerprint density at radius 2 is 2.00 bits per heavy atom. The second-order valence-corrected chi connectivity index (χ2v) is 5.67. The Labute approximate surface area is 116 Å². The van der Waals surface area contributed by atoms with Crippen LogP contribution >= 0.6 is 0 Å². The number of nitrogens with one attached hydrogen (secondary N) is 1. The van der Waals surface area contributed by atoms with Gasteiger partial charge < -0.3 is 15.3 Å². The number of likely N-dealkylation sites (N-methyl/N-ethyl adjacent to an activating group) is 1. The van der Waals surface area contributed by atoms with Crippen LogP contribution in [0, 0.1) is 0 Å². The van der Waals surface area contributed by atoms with Gasteiger partial charge in [-0.05, 0) is 26.7 Å². The predicted molar refractivity (Wildman–Crippen MR) is 79.9 cm³/mol. The zero-order valence-corrected chi connectivity index (χ0v) is 12.9. The molecule has 0 radical (unpaired) electrons. The van der Waals surface area contributed by atoms with Crippen molar-refractivity contribution in [1.82, 2.24) is 9.97 Å². The lowest BCUT2D eigenvalue weighted by atomic mass is 10.00. The summed E-state index contributed by atoms with van der Waals surface area (Å²) >= 11 is 0. The summed E-state index contributed by atoms with van der Waals surface area (Å²) in [5, 5.41) is 12.8. The van der Waals surface area contributed by atoms with Gasteiger partial charge in [0, 0.05) is 19.2 Å². The first-order chi connectivity index (χ1) is 8.85. The van der Waals surface area contributed by atoms with E-state index < -0.39 is 0 Å². The lowest BCUT2D eigenvalue weighted by Crippen LogP contribution is -2.45. The molecule has 1 heterocycles. The third-order valence-corrected chi connectivity index (χ3v) is 3.40. The van der Waals surface area contributed by atoms with Gasteiger partial charge in [0.05, 0.1) is 12.1 Å². The van der Waals surface area contributed by atoms with Crippen LogP contribution in [0.2, 0.25) is 0 Å². The van der Waals surface area contributed by atoms with Gasteiger partial charge in [-0.3, -0.25) is 0 Å². The van der Waals surface area contributed by atoms with Gasteiger partial charge in [0.15, 0.2) is 0 Å². The lowest BCUT2D eigenvalue weighted by Gasteiger charge is -2.36. The Bertz CT molecular complexity index is 418. The molecule has 0 aliphatic carbocycles. The lowest BCUT2D eigenvalue weighted by molar-refractivity contribution is 0.215. The Morgan fingerprint density at radius 1 is 1.37 bits per heavy atom. The molecule has 108 valence electrons. The van der Waals surface area contributed by atoms with Gasteiger partial charge in [0.1, 0.15) is 18.0 Å². The highest BCUT2D eigenvalue weighted by Gasteiger charge is 2.27. The van der Waals surface area contributed by atoms with Crippen molar-refractivity contribution >= 4 is 11.6 Å². The first-order valence-electron chi connectivity index (χ1n) is 6.78. The molecule has 0 aliphatic heterocycles. The average Bonchev–Trinajstić information content (AvgIpc) is 2.37. The standard InChI is InChI=1S/C14H26N4O/c1-7-15-12-11(10(2)3)13(17-9-16-12)18(6)14(4,5)8-19/h9-10,19H,7-8H2,1-6H3,(H,15,16,17). The van der Waals surface area contributed by atoms with Crippen molar-refractivity contribution in [2.45, 2.75) is 46.1 Å². The van der Waals surface area contributed by atoms with Crippen molar-refractivity contribution in [3.63, 3.8) is 0 Å². The molecule has 19 heavy (non-hydrogen) atoms. The summed E-state index contributed by atoms with van der Waals surface area (Å²) < 4.78 is 0. The molecule has 0 aromatic carbocycles. The third-order valence-electron chi connectivity index (χ3n) is 3.40. The SMILES string of the molecule is CCNc1ncnc(N(C)C(C)(C)CO)c1C(C)C. The first-order valence-corrected chi connectivity index (χ1v) is 6.78. The molecule has 2 N–H and O–H groups in total. The number of aromatic nitrogens is 2. The Balaban J connectivity index is 3.30. The Morgan fingerprint density at radius 3 is 2.47 bits per heavy atom. The number of rotatable bonds is 6. The second-order valence-electron chi connectivity index (χ2n) is 5.67. The van der Waals surface area contributed by atoms with Crippen LogP contribution in [0.3, 0.4) is 0 Å². The molecule has 5 heteroatoms. The minimum absolute atomic E-state index is 0.0710. The van der Waals surface area contributed by atoms with Crippen LogP contribution in [0.5, 0.6) is 0 Å². The summed E-state index contributed by atoms with van der Waals surface area (Å²) in [4.78, 5) is 10.8. The maximum atomic E-state index is 9.53. The highest BCUT2D eigenvalue weighted by molar-refractivity contribution is 5.61. The number of aliphatic hydroxyl groups excluding tert-OH is 1. The minimum Gasteiger partial charge on any atom is -0.394 e. The van der Waals surface area contributed by atoms with Crippen molar-refractivity contribution in [2.24, 2.45) is 0 Å². The smallest absolute Gasteiger partial charge is 0.137 e. The first kappa shape index (κ1) is 15.7. The molecule has 0 aliphatic rings. The van der Waals surface area contributed by atoms with Crippen LogP contribution in [0.1, 0.15) is 46.1 Å². The maximum Gasteiger partial charge on any atom is 0.137 e. The van der Waals surface area contributed by atoms with Crippen molar-refractivity contribution in [2.75, 3.05) is 30.4 Å². The van der Waals surface area contributed by atoms with Crippen LogP contribution < -0.4 is 10.2 Å². The van der Waals surface area contributed by atoms with E-state index in [0.29, 0.717) is 5.92 Å². The van der Waals surface area contributed by atoms with Crippen LogP contribution in [0.15, 0.2) is 6.33 Å². The summed E-state index contributed by atoms with van der Waals surface area (Å²) in [6.45, 7) is 11.2. The maximum absolute atomic E-state index is 9.53. The Hall–Kier alpha value is -1.36. The Kier molecular flexibility index (Phi) is 5.11. The molecule has 0 bridgehead atoms. The van der Waals surface area contributed by atoms with Gasteiger partial charge in [-0.25, -0.2) is 9.97 Å². The zero-order chi connectivity index (χ0) is 14.6. The summed E-state index contributed by atoms with van der Waals surface area (Å²) in [7, 11) is 1.96. The topological polar surface area (TPSA) is 61.3 Å². The number of aliphatic hydroxyl groups is 1. The number of nitrogens with zero attached hydrogens (tertiary/aromatic N) is 3. The van der Waals surface area contributed by atoms with E-state index in [1.807, 2.05) is 32.7 Å². The summed E-state index contributed by atoms with van der Waals surface area (Å²) in [6, 6.07) is 0. The molecule has 0 saturated carbocycles. The van der Waals surface area contributed by atoms with E-state index in [0.717, 1.165) is 23.7 Å². The van der Waals surface area contributed by atoms with E-state index in [2.05, 4.69) is 29.1 Å². The van der Waals surface area contributed by atoms with Crippen molar-refractivity contribution in [1.29, 1.82) is 0 Å². The average molecular weight is 266 g/mol. The highest BCUT2D eigenvalue weighted by atomic mass is 16.3. The fourth-order valence-corrected chi connectivity index (χ4v) is 1.89. The van der Waals surface area contributed by atoms with Crippen molar-refractivity contribution < 1.29 is 5.11 Å². The number of hydrogen-bond acceptors (Lipinski definition) is 5. The van der Waals surface area contributed by atoms with Crippen LogP contribution in [-0.2, 0) is 0 Å². The molecule has 0 atom stereocenters. The van der Waals surface area contributed by atoms with Gasteiger partial charge in [0.25, 0.3) is 0 Å². The van der Waals surface area contributed by atoms with E-state index in [9.17, 15) is 5.11 Å². The fourth-order valence-electron chi connectivity index (χ4n) is 1.89. The monoisotopic (exact) mass is 266 g/mol.